The van der Waals surface area contributed by atoms with Crippen LogP contribution in [0.25, 0.3) is 11.0 Å². The Morgan fingerprint density at radius 3 is 3.08 bits per heavy atom. The molecule has 0 bridgehead atoms. The van der Waals surface area contributed by atoms with Crippen LogP contribution in [0.3, 0.4) is 0 Å². The predicted molar refractivity (Wildman–Crippen MR) is 46.9 cm³/mol. The van der Waals surface area contributed by atoms with Crippen LogP contribution >= 0.6 is 11.6 Å². The Labute approximate surface area is 74.1 Å². The van der Waals surface area contributed by atoms with Crippen LogP contribution in [0, 0.1) is 0 Å². The number of benzene rings is 1. The van der Waals surface area contributed by atoms with E-state index < -0.39 is 0 Å². The number of halogens is 1. The number of nitrogens with two attached hydrogens (primary N) is 1. The lowest BCUT2D eigenvalue weighted by molar-refractivity contribution is 0.457. The van der Waals surface area contributed by atoms with Gasteiger partial charge in [-0.2, -0.15) is 0 Å². The molecule has 0 saturated carbocycles. The van der Waals surface area contributed by atoms with E-state index in [0.29, 0.717) is 17.3 Å². The van der Waals surface area contributed by atoms with Crippen molar-refractivity contribution < 1.29 is 4.52 Å². The molecule has 0 aliphatic heterocycles. The molecule has 0 aliphatic rings. The lowest BCUT2D eigenvalue weighted by Gasteiger charge is -1.93. The normalized spacial score (nSPS) is 10.8. The van der Waals surface area contributed by atoms with E-state index in [1.165, 1.54) is 0 Å². The highest BCUT2D eigenvalue weighted by Gasteiger charge is 2.04. The van der Waals surface area contributed by atoms with Crippen LogP contribution in [0.2, 0.25) is 5.15 Å². The average Bonchev–Trinajstić information content (AvgIpc) is 2.47. The molecule has 2 N–H and O–H groups in total. The SMILES string of the molecule is NCc1ccc2onc(Cl)c2c1. The van der Waals surface area contributed by atoms with Crippen LogP contribution in [-0.2, 0) is 6.54 Å². The molecule has 0 radical (unpaired) electrons. The molecular weight excluding hydrogens is 176 g/mol. The van der Waals surface area contributed by atoms with Gasteiger partial charge in [0.15, 0.2) is 10.7 Å². The molecule has 0 fully saturated rings. The second kappa shape index (κ2) is 2.77. The molecule has 3 nitrogen and oxygen atoms in total. The van der Waals surface area contributed by atoms with Crippen molar-refractivity contribution in [3.63, 3.8) is 0 Å². The summed E-state index contributed by atoms with van der Waals surface area (Å²) < 4.78 is 4.93. The molecule has 0 saturated heterocycles. The third-order valence-electron chi connectivity index (χ3n) is 1.73. The molecule has 4 heteroatoms. The van der Waals surface area contributed by atoms with E-state index in [1.54, 1.807) is 0 Å². The van der Waals surface area contributed by atoms with Crippen molar-refractivity contribution >= 4 is 22.6 Å². The fourth-order valence-corrected chi connectivity index (χ4v) is 1.27. The summed E-state index contributed by atoms with van der Waals surface area (Å²) in [5, 5.41) is 4.83. The van der Waals surface area contributed by atoms with Crippen molar-refractivity contribution in [3.05, 3.63) is 28.9 Å². The first-order chi connectivity index (χ1) is 5.81. The minimum atomic E-state index is 0.389. The monoisotopic (exact) mass is 182 g/mol. The Morgan fingerprint density at radius 1 is 1.50 bits per heavy atom. The second-order valence-corrected chi connectivity index (χ2v) is 2.87. The highest BCUT2D eigenvalue weighted by molar-refractivity contribution is 6.34. The van der Waals surface area contributed by atoms with Gasteiger partial charge in [0.1, 0.15) is 0 Å². The first kappa shape index (κ1) is 7.58. The molecule has 1 aromatic heterocycles. The van der Waals surface area contributed by atoms with Crippen LogP contribution in [-0.4, -0.2) is 5.16 Å². The van der Waals surface area contributed by atoms with Gasteiger partial charge < -0.3 is 10.3 Å². The summed E-state index contributed by atoms with van der Waals surface area (Å²) in [4.78, 5) is 0. The fourth-order valence-electron chi connectivity index (χ4n) is 1.08. The van der Waals surface area contributed by atoms with Gasteiger partial charge >= 0.3 is 0 Å². The van der Waals surface area contributed by atoms with E-state index >= 15 is 0 Å². The molecule has 0 spiro atoms. The first-order valence-electron chi connectivity index (χ1n) is 3.55. The van der Waals surface area contributed by atoms with Gasteiger partial charge in [-0.3, -0.25) is 0 Å². The van der Waals surface area contributed by atoms with Crippen LogP contribution in [0.4, 0.5) is 0 Å². The minimum Gasteiger partial charge on any atom is -0.355 e. The smallest absolute Gasteiger partial charge is 0.180 e. The van der Waals surface area contributed by atoms with Crippen LogP contribution in [0.5, 0.6) is 0 Å². The molecule has 2 aromatic rings. The van der Waals surface area contributed by atoms with Crippen molar-refractivity contribution in [2.45, 2.75) is 6.54 Å². The summed E-state index contributed by atoms with van der Waals surface area (Å²) in [5.74, 6) is 0. The zero-order valence-corrected chi connectivity index (χ0v) is 7.01. The maximum absolute atomic E-state index is 5.76. The Hall–Kier alpha value is -1.06. The number of fused-ring (bicyclic) bond motifs is 1. The molecule has 1 heterocycles. The number of hydrogen-bond donors (Lipinski definition) is 1. The summed E-state index contributed by atoms with van der Waals surface area (Å²) >= 11 is 5.76. The molecule has 0 atom stereocenters. The third-order valence-corrected chi connectivity index (χ3v) is 2.00. The average molecular weight is 183 g/mol. The molecule has 1 aromatic carbocycles. The van der Waals surface area contributed by atoms with Gasteiger partial charge in [0.05, 0.1) is 5.39 Å². The largest absolute Gasteiger partial charge is 0.355 e. The molecule has 0 aliphatic carbocycles. The fraction of sp³-hybridized carbons (Fsp3) is 0.125. The Kier molecular flexibility index (Phi) is 1.75. The number of aromatic nitrogens is 1. The van der Waals surface area contributed by atoms with Crippen molar-refractivity contribution in [1.29, 1.82) is 0 Å². The van der Waals surface area contributed by atoms with E-state index in [1.807, 2.05) is 18.2 Å². The topological polar surface area (TPSA) is 52.0 Å². The molecule has 12 heavy (non-hydrogen) atoms. The summed E-state index contributed by atoms with van der Waals surface area (Å²) in [5.41, 5.74) is 7.18. The number of nitrogens with zero attached hydrogens (tertiary/aromatic N) is 1. The van der Waals surface area contributed by atoms with E-state index in [0.717, 1.165) is 10.9 Å². The van der Waals surface area contributed by atoms with Gasteiger partial charge in [0.2, 0.25) is 0 Å². The molecule has 2 rings (SSSR count). The van der Waals surface area contributed by atoms with Gasteiger partial charge in [-0.05, 0) is 17.7 Å². The second-order valence-electron chi connectivity index (χ2n) is 2.51. The van der Waals surface area contributed by atoms with Crippen LogP contribution in [0.1, 0.15) is 5.56 Å². The summed E-state index contributed by atoms with van der Waals surface area (Å²) in [6.45, 7) is 0.497. The Bertz CT molecular complexity index is 410. The maximum atomic E-state index is 5.76. The summed E-state index contributed by atoms with van der Waals surface area (Å²) in [7, 11) is 0. The van der Waals surface area contributed by atoms with Gasteiger partial charge in [-0.25, -0.2) is 0 Å². The summed E-state index contributed by atoms with van der Waals surface area (Å²) in [6, 6.07) is 5.59. The van der Waals surface area contributed by atoms with Crippen molar-refractivity contribution in [2.24, 2.45) is 5.73 Å². The molecule has 62 valence electrons. The third kappa shape index (κ3) is 1.07. The predicted octanol–water partition coefficient (Wildman–Crippen LogP) is 1.94. The van der Waals surface area contributed by atoms with E-state index in [9.17, 15) is 0 Å². The van der Waals surface area contributed by atoms with Crippen molar-refractivity contribution in [2.75, 3.05) is 0 Å². The summed E-state index contributed by atoms with van der Waals surface area (Å²) in [6.07, 6.45) is 0. The van der Waals surface area contributed by atoms with Crippen molar-refractivity contribution in [3.8, 4) is 0 Å². The highest BCUT2D eigenvalue weighted by Crippen LogP contribution is 2.23. The number of rotatable bonds is 1. The van der Waals surface area contributed by atoms with Gasteiger partial charge in [-0.1, -0.05) is 22.8 Å². The Morgan fingerprint density at radius 2 is 2.33 bits per heavy atom. The highest BCUT2D eigenvalue weighted by atomic mass is 35.5. The Balaban J connectivity index is 2.71. The molecule has 0 amide bonds. The quantitative estimate of drug-likeness (QED) is 0.734. The first-order valence-corrected chi connectivity index (χ1v) is 3.93. The standard InChI is InChI=1S/C8H7ClN2O/c9-8-6-3-5(4-10)1-2-7(6)12-11-8/h1-3H,4,10H2. The van der Waals surface area contributed by atoms with Crippen LogP contribution < -0.4 is 5.73 Å². The lowest BCUT2D eigenvalue weighted by Crippen LogP contribution is -1.94. The molecule has 0 unspecified atom stereocenters. The lowest BCUT2D eigenvalue weighted by atomic mass is 10.2. The zero-order valence-electron chi connectivity index (χ0n) is 6.25. The van der Waals surface area contributed by atoms with Gasteiger partial charge in [0, 0.05) is 6.54 Å². The number of hydrogen-bond acceptors (Lipinski definition) is 3. The molecular formula is C8H7ClN2O. The van der Waals surface area contributed by atoms with E-state index in [2.05, 4.69) is 5.16 Å². The van der Waals surface area contributed by atoms with Crippen LogP contribution in [0.15, 0.2) is 22.7 Å². The van der Waals surface area contributed by atoms with E-state index in [-0.39, 0.29) is 0 Å². The van der Waals surface area contributed by atoms with Gasteiger partial charge in [-0.15, -0.1) is 0 Å². The van der Waals surface area contributed by atoms with Gasteiger partial charge in [0.25, 0.3) is 0 Å². The van der Waals surface area contributed by atoms with Crippen molar-refractivity contribution in [1.82, 2.24) is 5.16 Å². The van der Waals surface area contributed by atoms with E-state index in [4.69, 9.17) is 21.9 Å². The zero-order chi connectivity index (χ0) is 8.55. The maximum Gasteiger partial charge on any atom is 0.180 e. The minimum absolute atomic E-state index is 0.389.